The third kappa shape index (κ3) is 1.05. The van der Waals surface area contributed by atoms with E-state index in [4.69, 9.17) is 5.73 Å². The van der Waals surface area contributed by atoms with Gasteiger partial charge in [-0.3, -0.25) is 9.80 Å². The molecular weight excluding hydrogens is 154 g/mol. The van der Waals surface area contributed by atoms with Gasteiger partial charge in [0.15, 0.2) is 0 Å². The van der Waals surface area contributed by atoms with Crippen LogP contribution in [0.3, 0.4) is 0 Å². The van der Waals surface area contributed by atoms with E-state index in [1.165, 1.54) is 0 Å². The molecule has 0 aromatic heterocycles. The molecular formula is C8H11N3O. The summed E-state index contributed by atoms with van der Waals surface area (Å²) in [5.41, 5.74) is 9.87. The third-order valence-corrected chi connectivity index (χ3v) is 2.14. The Morgan fingerprint density at radius 3 is 3.25 bits per heavy atom. The monoisotopic (exact) mass is 165 g/mol. The van der Waals surface area contributed by atoms with Crippen LogP contribution in [0.2, 0.25) is 0 Å². The van der Waals surface area contributed by atoms with Gasteiger partial charge < -0.3 is 11.2 Å². The minimum absolute atomic E-state index is 0.374. The second-order valence-electron chi connectivity index (χ2n) is 2.98. The second-order valence-corrected chi connectivity index (χ2v) is 2.98. The maximum atomic E-state index is 10.8. The van der Waals surface area contributed by atoms with Gasteiger partial charge in [-0.15, -0.1) is 0 Å². The van der Waals surface area contributed by atoms with Gasteiger partial charge in [0.05, 0.1) is 5.57 Å². The molecule has 0 atom stereocenters. The Bertz CT molecular complexity index is 280. The molecule has 12 heavy (non-hydrogen) atoms. The number of hydrazine groups is 1. The zero-order valence-corrected chi connectivity index (χ0v) is 6.71. The van der Waals surface area contributed by atoms with Gasteiger partial charge in [0.2, 0.25) is 5.91 Å². The van der Waals surface area contributed by atoms with Crippen LogP contribution in [-0.4, -0.2) is 17.5 Å². The molecule has 0 aromatic carbocycles. The lowest BCUT2D eigenvalue weighted by atomic mass is 10.2. The van der Waals surface area contributed by atoms with E-state index in [0.717, 1.165) is 25.1 Å². The summed E-state index contributed by atoms with van der Waals surface area (Å²) >= 11 is 0. The van der Waals surface area contributed by atoms with Crippen LogP contribution in [0.4, 0.5) is 0 Å². The van der Waals surface area contributed by atoms with Gasteiger partial charge in [-0.25, -0.2) is 0 Å². The summed E-state index contributed by atoms with van der Waals surface area (Å²) in [5.74, 6) is -0.374. The normalized spacial score (nSPS) is 20.8. The predicted octanol–water partition coefficient (Wildman–Crippen LogP) is -0.147. The van der Waals surface area contributed by atoms with Gasteiger partial charge in [-0.05, 0) is 18.9 Å². The van der Waals surface area contributed by atoms with Crippen LogP contribution < -0.4 is 11.2 Å². The lowest BCUT2D eigenvalue weighted by Gasteiger charge is -2.23. The largest absolute Gasteiger partial charge is 0.366 e. The minimum atomic E-state index is -0.374. The van der Waals surface area contributed by atoms with Crippen molar-refractivity contribution in [3.63, 3.8) is 0 Å². The SMILES string of the molecule is NC(=O)C1=CNN2CCCC2=C1. The van der Waals surface area contributed by atoms with Crippen molar-refractivity contribution in [2.75, 3.05) is 6.54 Å². The summed E-state index contributed by atoms with van der Waals surface area (Å²) in [5, 5.41) is 2.03. The molecule has 1 fully saturated rings. The number of amides is 1. The first-order valence-electron chi connectivity index (χ1n) is 4.01. The van der Waals surface area contributed by atoms with E-state index in [-0.39, 0.29) is 5.91 Å². The molecule has 0 bridgehead atoms. The lowest BCUT2D eigenvalue weighted by molar-refractivity contribution is -0.114. The summed E-state index contributed by atoms with van der Waals surface area (Å²) in [7, 11) is 0. The maximum absolute atomic E-state index is 10.8. The van der Waals surface area contributed by atoms with E-state index >= 15 is 0 Å². The number of carbonyl (C=O) groups excluding carboxylic acids is 1. The van der Waals surface area contributed by atoms with Crippen molar-refractivity contribution in [1.82, 2.24) is 10.4 Å². The fourth-order valence-electron chi connectivity index (χ4n) is 1.51. The molecule has 4 heteroatoms. The highest BCUT2D eigenvalue weighted by molar-refractivity contribution is 5.95. The van der Waals surface area contributed by atoms with Crippen molar-refractivity contribution in [2.24, 2.45) is 5.73 Å². The van der Waals surface area contributed by atoms with Crippen LogP contribution in [-0.2, 0) is 4.79 Å². The summed E-state index contributed by atoms with van der Waals surface area (Å²) in [6, 6.07) is 0. The summed E-state index contributed by atoms with van der Waals surface area (Å²) < 4.78 is 0. The van der Waals surface area contributed by atoms with Gasteiger partial charge in [0, 0.05) is 18.4 Å². The van der Waals surface area contributed by atoms with Crippen molar-refractivity contribution in [3.05, 3.63) is 23.5 Å². The first-order chi connectivity index (χ1) is 5.77. The Kier molecular flexibility index (Phi) is 1.53. The van der Waals surface area contributed by atoms with Crippen molar-refractivity contribution in [2.45, 2.75) is 12.8 Å². The molecule has 0 aliphatic carbocycles. The molecule has 0 spiro atoms. The zero-order valence-electron chi connectivity index (χ0n) is 6.71. The van der Waals surface area contributed by atoms with E-state index in [2.05, 4.69) is 5.43 Å². The quantitative estimate of drug-likeness (QED) is 0.568. The first kappa shape index (κ1) is 7.21. The average molecular weight is 165 g/mol. The minimum Gasteiger partial charge on any atom is -0.366 e. The number of carbonyl (C=O) groups is 1. The highest BCUT2D eigenvalue weighted by atomic mass is 16.1. The Morgan fingerprint density at radius 2 is 2.50 bits per heavy atom. The van der Waals surface area contributed by atoms with E-state index in [0.29, 0.717) is 5.57 Å². The van der Waals surface area contributed by atoms with Gasteiger partial charge >= 0.3 is 0 Å². The number of hydrogen-bond donors (Lipinski definition) is 2. The number of nitrogens with one attached hydrogen (secondary N) is 1. The van der Waals surface area contributed by atoms with E-state index in [1.54, 1.807) is 6.20 Å². The second kappa shape index (κ2) is 2.55. The molecule has 0 unspecified atom stereocenters. The van der Waals surface area contributed by atoms with Crippen molar-refractivity contribution >= 4 is 5.91 Å². The van der Waals surface area contributed by atoms with Crippen LogP contribution in [0.15, 0.2) is 23.5 Å². The lowest BCUT2D eigenvalue weighted by Crippen LogP contribution is -2.34. The maximum Gasteiger partial charge on any atom is 0.250 e. The summed E-state index contributed by atoms with van der Waals surface area (Å²) in [6.45, 7) is 1.01. The molecule has 0 radical (unpaired) electrons. The Morgan fingerprint density at radius 1 is 1.67 bits per heavy atom. The van der Waals surface area contributed by atoms with Crippen molar-refractivity contribution in [1.29, 1.82) is 0 Å². The van der Waals surface area contributed by atoms with Gasteiger partial charge in [0.25, 0.3) is 0 Å². The van der Waals surface area contributed by atoms with Crippen LogP contribution in [0.25, 0.3) is 0 Å². The molecule has 3 N–H and O–H groups in total. The highest BCUT2D eigenvalue weighted by Crippen LogP contribution is 2.22. The number of allylic oxidation sites excluding steroid dienone is 1. The molecule has 64 valence electrons. The standard InChI is InChI=1S/C8H11N3O/c9-8(12)6-4-7-2-1-3-11(7)10-5-6/h4-5,10H,1-3H2,(H2,9,12). The van der Waals surface area contributed by atoms with Crippen molar-refractivity contribution in [3.8, 4) is 0 Å². The van der Waals surface area contributed by atoms with Crippen LogP contribution >= 0.6 is 0 Å². The van der Waals surface area contributed by atoms with Crippen LogP contribution in [0.5, 0.6) is 0 Å². The molecule has 0 aromatic rings. The number of fused-ring (bicyclic) bond motifs is 1. The van der Waals surface area contributed by atoms with Crippen molar-refractivity contribution < 1.29 is 4.79 Å². The van der Waals surface area contributed by atoms with Gasteiger partial charge in [-0.2, -0.15) is 0 Å². The van der Waals surface area contributed by atoms with E-state index in [9.17, 15) is 4.79 Å². The average Bonchev–Trinajstić information content (AvgIpc) is 2.49. The molecule has 2 aliphatic rings. The van der Waals surface area contributed by atoms with Crippen LogP contribution in [0, 0.1) is 0 Å². The molecule has 1 amide bonds. The highest BCUT2D eigenvalue weighted by Gasteiger charge is 2.20. The zero-order chi connectivity index (χ0) is 8.55. The number of primary amides is 1. The molecule has 2 rings (SSSR count). The molecule has 1 saturated heterocycles. The molecule has 0 saturated carbocycles. The smallest absolute Gasteiger partial charge is 0.250 e. The van der Waals surface area contributed by atoms with Gasteiger partial charge in [-0.1, -0.05) is 0 Å². The number of nitrogens with zero attached hydrogens (tertiary/aromatic N) is 1. The number of nitrogens with two attached hydrogens (primary N) is 1. The summed E-state index contributed by atoms with van der Waals surface area (Å²) in [4.78, 5) is 10.8. The van der Waals surface area contributed by atoms with E-state index < -0.39 is 0 Å². The topological polar surface area (TPSA) is 58.4 Å². The molecule has 2 aliphatic heterocycles. The third-order valence-electron chi connectivity index (χ3n) is 2.14. The summed E-state index contributed by atoms with van der Waals surface area (Å²) in [6.07, 6.45) is 5.67. The number of hydrogen-bond acceptors (Lipinski definition) is 3. The predicted molar refractivity (Wildman–Crippen MR) is 44.4 cm³/mol. The van der Waals surface area contributed by atoms with Crippen LogP contribution in [0.1, 0.15) is 12.8 Å². The van der Waals surface area contributed by atoms with E-state index in [1.807, 2.05) is 11.1 Å². The number of rotatable bonds is 1. The Labute approximate surface area is 70.7 Å². The Balaban J connectivity index is 2.22. The fraction of sp³-hybridized carbons (Fsp3) is 0.375. The van der Waals surface area contributed by atoms with Gasteiger partial charge in [0.1, 0.15) is 0 Å². The fourth-order valence-corrected chi connectivity index (χ4v) is 1.51. The molecule has 4 nitrogen and oxygen atoms in total. The molecule has 2 heterocycles. The Hall–Kier alpha value is -1.45. The first-order valence-corrected chi connectivity index (χ1v) is 4.01.